The minimum Gasteiger partial charge on any atom is -0.375 e. The van der Waals surface area contributed by atoms with Gasteiger partial charge in [-0.15, -0.1) is 0 Å². The molecule has 1 fully saturated rings. The normalized spacial score (nSPS) is 16.9. The fraction of sp³-hybridized carbons (Fsp3) is 0.207. The lowest BCUT2D eigenvalue weighted by molar-refractivity contribution is -0.119. The first-order valence-electron chi connectivity index (χ1n) is 12.2. The van der Waals surface area contributed by atoms with E-state index in [0.29, 0.717) is 16.5 Å². The van der Waals surface area contributed by atoms with Gasteiger partial charge in [0.15, 0.2) is 5.11 Å². The second-order valence-corrected chi connectivity index (χ2v) is 9.52. The van der Waals surface area contributed by atoms with Crippen LogP contribution in [-0.4, -0.2) is 34.3 Å². The molecule has 9 heteroatoms. The summed E-state index contributed by atoms with van der Waals surface area (Å²) in [6.45, 7) is 3.95. The van der Waals surface area contributed by atoms with E-state index in [9.17, 15) is 9.18 Å². The number of halogens is 1. The molecule has 2 aromatic carbocycles. The molecule has 0 bridgehead atoms. The van der Waals surface area contributed by atoms with Gasteiger partial charge in [-0.05, 0) is 86.2 Å². The number of thiocarbonyl (C=S) groups is 1. The molecule has 194 valence electrons. The van der Waals surface area contributed by atoms with Gasteiger partial charge in [0.25, 0.3) is 0 Å². The van der Waals surface area contributed by atoms with Crippen molar-refractivity contribution in [3.05, 3.63) is 107 Å². The standard InChI is InChI=1S/C29H28FN5O2S/c1-18-16-22(19(2)34(18)25-10-5-4-8-23(25)30)28-27(24-9-6-7-15-31-24)33-29(38)35(28)21-13-11-20(12-14-21)32-26(36)17-37-3/h4-16,27-28H,17H2,1-3H3,(H,32,36)(H,33,38)/t27-,28-/m0/s1. The van der Waals surface area contributed by atoms with E-state index in [1.54, 1.807) is 18.3 Å². The third-order valence-electron chi connectivity index (χ3n) is 6.69. The van der Waals surface area contributed by atoms with Gasteiger partial charge in [-0.2, -0.15) is 0 Å². The smallest absolute Gasteiger partial charge is 0.250 e. The highest BCUT2D eigenvalue weighted by atomic mass is 32.1. The Bertz CT molecular complexity index is 1470. The molecule has 38 heavy (non-hydrogen) atoms. The maximum Gasteiger partial charge on any atom is 0.250 e. The third-order valence-corrected chi connectivity index (χ3v) is 7.00. The highest BCUT2D eigenvalue weighted by Crippen LogP contribution is 2.44. The zero-order valence-electron chi connectivity index (χ0n) is 21.3. The van der Waals surface area contributed by atoms with Gasteiger partial charge in [0.1, 0.15) is 12.4 Å². The Hall–Kier alpha value is -4.08. The number of nitrogens with zero attached hydrogens (tertiary/aromatic N) is 3. The number of nitrogens with one attached hydrogen (secondary N) is 2. The molecule has 2 atom stereocenters. The van der Waals surface area contributed by atoms with E-state index in [1.165, 1.54) is 13.2 Å². The summed E-state index contributed by atoms with van der Waals surface area (Å²) in [6, 6.07) is 21.7. The summed E-state index contributed by atoms with van der Waals surface area (Å²) in [5, 5.41) is 6.83. The molecule has 7 nitrogen and oxygen atoms in total. The summed E-state index contributed by atoms with van der Waals surface area (Å²) in [5.41, 5.74) is 5.69. The van der Waals surface area contributed by atoms with Crippen molar-refractivity contribution in [1.82, 2.24) is 14.9 Å². The van der Waals surface area contributed by atoms with Crippen LogP contribution in [0.2, 0.25) is 0 Å². The van der Waals surface area contributed by atoms with Gasteiger partial charge in [-0.25, -0.2) is 4.39 Å². The van der Waals surface area contributed by atoms with Gasteiger partial charge in [0.05, 0.1) is 23.5 Å². The Balaban J connectivity index is 1.59. The average Bonchev–Trinajstić information content (AvgIpc) is 3.40. The molecule has 0 unspecified atom stereocenters. The Kier molecular flexibility index (Phi) is 7.22. The van der Waals surface area contributed by atoms with Crippen LogP contribution in [0.15, 0.2) is 79.0 Å². The van der Waals surface area contributed by atoms with Crippen LogP contribution in [0.4, 0.5) is 15.8 Å². The zero-order chi connectivity index (χ0) is 26.8. The molecule has 0 aliphatic carbocycles. The van der Waals surface area contributed by atoms with Crippen LogP contribution in [0.3, 0.4) is 0 Å². The number of carbonyl (C=O) groups excluding carboxylic acids is 1. The highest BCUT2D eigenvalue weighted by molar-refractivity contribution is 7.80. The second-order valence-electron chi connectivity index (χ2n) is 9.14. The van der Waals surface area contributed by atoms with Crippen molar-refractivity contribution >= 4 is 34.6 Å². The Morgan fingerprint density at radius 3 is 2.53 bits per heavy atom. The summed E-state index contributed by atoms with van der Waals surface area (Å²) in [5.74, 6) is -0.516. The minimum atomic E-state index is -0.287. The molecule has 1 aliphatic rings. The lowest BCUT2D eigenvalue weighted by atomic mass is 9.96. The zero-order valence-corrected chi connectivity index (χ0v) is 22.1. The number of para-hydroxylation sites is 1. The summed E-state index contributed by atoms with van der Waals surface area (Å²) in [4.78, 5) is 18.6. The van der Waals surface area contributed by atoms with Crippen molar-refractivity contribution < 1.29 is 13.9 Å². The first-order chi connectivity index (χ1) is 18.4. The molecule has 5 rings (SSSR count). The van der Waals surface area contributed by atoms with E-state index in [0.717, 1.165) is 28.3 Å². The highest BCUT2D eigenvalue weighted by Gasteiger charge is 2.42. The van der Waals surface area contributed by atoms with Gasteiger partial charge < -0.3 is 24.8 Å². The number of aryl methyl sites for hydroxylation is 1. The van der Waals surface area contributed by atoms with Gasteiger partial charge in [0, 0.05) is 36.1 Å². The average molecular weight is 530 g/mol. The molecule has 0 spiro atoms. The third kappa shape index (κ3) is 4.78. The Morgan fingerprint density at radius 1 is 1.11 bits per heavy atom. The number of anilines is 2. The van der Waals surface area contributed by atoms with Crippen molar-refractivity contribution in [2.24, 2.45) is 0 Å². The number of rotatable bonds is 7. The lowest BCUT2D eigenvalue weighted by Crippen LogP contribution is -2.29. The van der Waals surface area contributed by atoms with E-state index in [2.05, 4.69) is 26.6 Å². The van der Waals surface area contributed by atoms with Crippen LogP contribution < -0.4 is 15.5 Å². The van der Waals surface area contributed by atoms with Crippen molar-refractivity contribution in [3.63, 3.8) is 0 Å². The maximum atomic E-state index is 14.8. The molecule has 1 saturated heterocycles. The predicted octanol–water partition coefficient (Wildman–Crippen LogP) is 5.39. The number of methoxy groups -OCH3 is 1. The van der Waals surface area contributed by atoms with Crippen LogP contribution in [0, 0.1) is 19.7 Å². The fourth-order valence-electron chi connectivity index (χ4n) is 5.07. The number of ether oxygens (including phenoxy) is 1. The van der Waals surface area contributed by atoms with E-state index in [1.807, 2.05) is 66.9 Å². The van der Waals surface area contributed by atoms with Crippen LogP contribution in [0.25, 0.3) is 5.69 Å². The molecule has 0 saturated carbocycles. The van der Waals surface area contributed by atoms with Crippen LogP contribution in [-0.2, 0) is 9.53 Å². The molecule has 1 amide bonds. The SMILES string of the molecule is COCC(=O)Nc1ccc(N2C(=S)N[C@@H](c3ccccn3)[C@@H]2c2cc(C)n(-c3ccccc3F)c2C)cc1. The van der Waals surface area contributed by atoms with E-state index in [-0.39, 0.29) is 30.4 Å². The molecule has 0 radical (unpaired) electrons. The van der Waals surface area contributed by atoms with Crippen molar-refractivity contribution in [2.75, 3.05) is 23.9 Å². The lowest BCUT2D eigenvalue weighted by Gasteiger charge is -2.28. The van der Waals surface area contributed by atoms with Crippen molar-refractivity contribution in [3.8, 4) is 5.69 Å². The quantitative estimate of drug-likeness (QED) is 0.313. The predicted molar refractivity (Wildman–Crippen MR) is 150 cm³/mol. The van der Waals surface area contributed by atoms with Crippen LogP contribution in [0.5, 0.6) is 0 Å². The number of aromatic nitrogens is 2. The van der Waals surface area contributed by atoms with Gasteiger partial charge in [-0.3, -0.25) is 9.78 Å². The number of hydrogen-bond donors (Lipinski definition) is 2. The number of carbonyl (C=O) groups is 1. The van der Waals surface area contributed by atoms with E-state index >= 15 is 0 Å². The molecule has 4 aromatic rings. The van der Waals surface area contributed by atoms with Gasteiger partial charge >= 0.3 is 0 Å². The first kappa shape index (κ1) is 25.6. The topological polar surface area (TPSA) is 71.4 Å². The number of hydrogen-bond acceptors (Lipinski definition) is 4. The maximum absolute atomic E-state index is 14.8. The van der Waals surface area contributed by atoms with Crippen LogP contribution in [0.1, 0.15) is 34.7 Å². The Labute approximate surface area is 226 Å². The summed E-state index contributed by atoms with van der Waals surface area (Å²) >= 11 is 5.85. The van der Waals surface area contributed by atoms with Crippen molar-refractivity contribution in [1.29, 1.82) is 0 Å². The molecule has 2 N–H and O–H groups in total. The van der Waals surface area contributed by atoms with Gasteiger partial charge in [-0.1, -0.05) is 18.2 Å². The van der Waals surface area contributed by atoms with Crippen molar-refractivity contribution in [2.45, 2.75) is 25.9 Å². The number of amides is 1. The summed E-state index contributed by atoms with van der Waals surface area (Å²) < 4.78 is 21.7. The summed E-state index contributed by atoms with van der Waals surface area (Å²) in [6.07, 6.45) is 1.76. The first-order valence-corrected chi connectivity index (χ1v) is 12.6. The summed E-state index contributed by atoms with van der Waals surface area (Å²) in [7, 11) is 1.48. The minimum absolute atomic E-state index is 0.0205. The number of benzene rings is 2. The Morgan fingerprint density at radius 2 is 1.84 bits per heavy atom. The molecule has 3 heterocycles. The van der Waals surface area contributed by atoms with Gasteiger partial charge in [0.2, 0.25) is 5.91 Å². The molecular weight excluding hydrogens is 501 g/mol. The fourth-order valence-corrected chi connectivity index (χ4v) is 5.42. The monoisotopic (exact) mass is 529 g/mol. The molecule has 2 aromatic heterocycles. The van der Waals surface area contributed by atoms with E-state index < -0.39 is 0 Å². The molecule has 1 aliphatic heterocycles. The second kappa shape index (κ2) is 10.7. The van der Waals surface area contributed by atoms with E-state index in [4.69, 9.17) is 17.0 Å². The largest absolute Gasteiger partial charge is 0.375 e. The molecular formula is C29H28FN5O2S. The van der Waals surface area contributed by atoms with Crippen LogP contribution >= 0.6 is 12.2 Å². The number of pyridine rings is 1.